The molecular formula is C18H20N2O. The molecule has 0 bridgehead atoms. The number of rotatable bonds is 3. The summed E-state index contributed by atoms with van der Waals surface area (Å²) < 4.78 is 0. The Kier molecular flexibility index (Phi) is 4.00. The van der Waals surface area contributed by atoms with Crippen molar-refractivity contribution in [1.29, 1.82) is 0 Å². The smallest absolute Gasteiger partial charge is 0.194 e. The molecule has 1 aromatic heterocycles. The predicted molar refractivity (Wildman–Crippen MR) is 84.9 cm³/mol. The number of hydrogen-bond donors (Lipinski definition) is 0. The number of benzene rings is 1. The Balaban J connectivity index is 1.85. The van der Waals surface area contributed by atoms with Crippen LogP contribution in [0.5, 0.6) is 0 Å². The Morgan fingerprint density at radius 3 is 2.43 bits per heavy atom. The summed E-state index contributed by atoms with van der Waals surface area (Å²) in [5.74, 6) is 1.07. The van der Waals surface area contributed by atoms with Gasteiger partial charge in [0.05, 0.1) is 0 Å². The third-order valence-corrected chi connectivity index (χ3v) is 4.00. The van der Waals surface area contributed by atoms with Crippen molar-refractivity contribution in [3.8, 4) is 0 Å². The third-order valence-electron chi connectivity index (χ3n) is 4.00. The van der Waals surface area contributed by atoms with E-state index < -0.39 is 0 Å². The van der Waals surface area contributed by atoms with E-state index in [1.165, 1.54) is 19.3 Å². The van der Waals surface area contributed by atoms with E-state index in [0.717, 1.165) is 24.5 Å². The zero-order chi connectivity index (χ0) is 14.7. The summed E-state index contributed by atoms with van der Waals surface area (Å²) in [5.41, 5.74) is 2.46. The number of carbonyl (C=O) groups excluding carboxylic acids is 1. The van der Waals surface area contributed by atoms with Crippen molar-refractivity contribution in [1.82, 2.24) is 4.98 Å². The quantitative estimate of drug-likeness (QED) is 0.805. The van der Waals surface area contributed by atoms with Crippen LogP contribution in [0.2, 0.25) is 0 Å². The van der Waals surface area contributed by atoms with Gasteiger partial charge >= 0.3 is 0 Å². The second-order valence-electron chi connectivity index (χ2n) is 5.61. The highest BCUT2D eigenvalue weighted by Gasteiger charge is 2.16. The summed E-state index contributed by atoms with van der Waals surface area (Å²) in [6, 6.07) is 11.3. The number of pyridine rings is 1. The number of aromatic nitrogens is 1. The summed E-state index contributed by atoms with van der Waals surface area (Å²) in [6.07, 6.45) is 5.48. The maximum absolute atomic E-state index is 12.4. The van der Waals surface area contributed by atoms with Gasteiger partial charge in [-0.05, 0) is 37.8 Å². The molecule has 3 heteroatoms. The standard InChI is InChI=1S/C18H20N2O/c1-14-12-16(17(21)15-8-4-2-5-9-15)13-19-18(14)20-10-6-3-7-11-20/h2,4-5,8-9,12-13H,3,6-7,10-11H2,1H3. The van der Waals surface area contributed by atoms with Crippen LogP contribution in [0, 0.1) is 6.92 Å². The van der Waals surface area contributed by atoms with Crippen molar-refractivity contribution < 1.29 is 4.79 Å². The number of carbonyl (C=O) groups is 1. The van der Waals surface area contributed by atoms with Crippen LogP contribution in [0.15, 0.2) is 42.6 Å². The first-order valence-corrected chi connectivity index (χ1v) is 7.57. The van der Waals surface area contributed by atoms with E-state index in [2.05, 4.69) is 9.88 Å². The molecule has 0 N–H and O–H groups in total. The molecule has 2 heterocycles. The highest BCUT2D eigenvalue weighted by molar-refractivity contribution is 6.09. The van der Waals surface area contributed by atoms with Crippen LogP contribution in [-0.4, -0.2) is 23.9 Å². The van der Waals surface area contributed by atoms with Gasteiger partial charge in [0.15, 0.2) is 5.78 Å². The fraction of sp³-hybridized carbons (Fsp3) is 0.333. The van der Waals surface area contributed by atoms with Crippen LogP contribution in [-0.2, 0) is 0 Å². The lowest BCUT2D eigenvalue weighted by Crippen LogP contribution is -2.30. The molecule has 21 heavy (non-hydrogen) atoms. The molecule has 2 aromatic rings. The van der Waals surface area contributed by atoms with Crippen molar-refractivity contribution in [3.63, 3.8) is 0 Å². The molecule has 108 valence electrons. The van der Waals surface area contributed by atoms with Gasteiger partial charge < -0.3 is 4.90 Å². The summed E-state index contributed by atoms with van der Waals surface area (Å²) in [4.78, 5) is 19.3. The minimum absolute atomic E-state index is 0.0383. The lowest BCUT2D eigenvalue weighted by atomic mass is 10.0. The SMILES string of the molecule is Cc1cc(C(=O)c2ccccc2)cnc1N1CCCCC1. The topological polar surface area (TPSA) is 33.2 Å². The zero-order valence-corrected chi connectivity index (χ0v) is 12.4. The molecule has 0 aliphatic carbocycles. The number of ketones is 1. The summed E-state index contributed by atoms with van der Waals surface area (Å²) in [5, 5.41) is 0. The highest BCUT2D eigenvalue weighted by Crippen LogP contribution is 2.22. The van der Waals surface area contributed by atoms with Gasteiger partial charge in [-0.1, -0.05) is 30.3 Å². The van der Waals surface area contributed by atoms with E-state index in [9.17, 15) is 4.79 Å². The molecule has 0 spiro atoms. The Labute approximate surface area is 125 Å². The number of hydrogen-bond acceptors (Lipinski definition) is 3. The number of aryl methyl sites for hydroxylation is 1. The fourth-order valence-corrected chi connectivity index (χ4v) is 2.88. The molecule has 0 saturated carbocycles. The Morgan fingerprint density at radius 1 is 1.05 bits per heavy atom. The van der Waals surface area contributed by atoms with Crippen molar-refractivity contribution in [2.75, 3.05) is 18.0 Å². The van der Waals surface area contributed by atoms with Crippen molar-refractivity contribution in [3.05, 3.63) is 59.3 Å². The molecule has 3 rings (SSSR count). The van der Waals surface area contributed by atoms with Gasteiger partial charge in [0.2, 0.25) is 0 Å². The average Bonchev–Trinajstić information content (AvgIpc) is 2.55. The minimum Gasteiger partial charge on any atom is -0.356 e. The van der Waals surface area contributed by atoms with Crippen LogP contribution in [0.3, 0.4) is 0 Å². The summed E-state index contributed by atoms with van der Waals surface area (Å²) >= 11 is 0. The first kappa shape index (κ1) is 13.8. The molecule has 1 saturated heterocycles. The summed E-state index contributed by atoms with van der Waals surface area (Å²) in [7, 11) is 0. The lowest BCUT2D eigenvalue weighted by Gasteiger charge is -2.29. The van der Waals surface area contributed by atoms with E-state index in [4.69, 9.17) is 0 Å². The minimum atomic E-state index is 0.0383. The summed E-state index contributed by atoms with van der Waals surface area (Å²) in [6.45, 7) is 4.18. The first-order valence-electron chi connectivity index (χ1n) is 7.57. The molecule has 1 fully saturated rings. The van der Waals surface area contributed by atoms with Gasteiger partial charge in [0, 0.05) is 30.4 Å². The van der Waals surface area contributed by atoms with E-state index in [-0.39, 0.29) is 5.78 Å². The molecule has 0 atom stereocenters. The second kappa shape index (κ2) is 6.08. The van der Waals surface area contributed by atoms with Crippen molar-refractivity contribution >= 4 is 11.6 Å². The molecule has 1 aliphatic heterocycles. The van der Waals surface area contributed by atoms with Gasteiger partial charge in [0.1, 0.15) is 5.82 Å². The maximum atomic E-state index is 12.4. The van der Waals surface area contributed by atoms with Crippen LogP contribution in [0.4, 0.5) is 5.82 Å². The normalized spacial score (nSPS) is 15.0. The Bertz CT molecular complexity index is 631. The Hall–Kier alpha value is -2.16. The van der Waals surface area contributed by atoms with Crippen LogP contribution in [0.25, 0.3) is 0 Å². The van der Waals surface area contributed by atoms with E-state index in [1.54, 1.807) is 6.20 Å². The predicted octanol–water partition coefficient (Wildman–Crippen LogP) is 3.61. The molecule has 0 unspecified atom stereocenters. The molecule has 0 amide bonds. The van der Waals surface area contributed by atoms with Gasteiger partial charge in [-0.2, -0.15) is 0 Å². The lowest BCUT2D eigenvalue weighted by molar-refractivity contribution is 0.103. The van der Waals surface area contributed by atoms with Crippen LogP contribution in [0.1, 0.15) is 40.7 Å². The number of anilines is 1. The van der Waals surface area contributed by atoms with Crippen LogP contribution < -0.4 is 4.90 Å². The third kappa shape index (κ3) is 2.97. The van der Waals surface area contributed by atoms with Crippen molar-refractivity contribution in [2.24, 2.45) is 0 Å². The number of nitrogens with zero attached hydrogens (tertiary/aromatic N) is 2. The number of piperidine rings is 1. The van der Waals surface area contributed by atoms with Crippen LogP contribution >= 0.6 is 0 Å². The van der Waals surface area contributed by atoms with E-state index in [0.29, 0.717) is 11.1 Å². The zero-order valence-electron chi connectivity index (χ0n) is 12.4. The first-order chi connectivity index (χ1) is 10.3. The Morgan fingerprint density at radius 2 is 1.76 bits per heavy atom. The van der Waals surface area contributed by atoms with Gasteiger partial charge in [-0.3, -0.25) is 4.79 Å². The molecular weight excluding hydrogens is 260 g/mol. The van der Waals surface area contributed by atoms with Crippen molar-refractivity contribution in [2.45, 2.75) is 26.2 Å². The molecule has 1 aromatic carbocycles. The van der Waals surface area contributed by atoms with Gasteiger partial charge in [-0.25, -0.2) is 4.98 Å². The maximum Gasteiger partial charge on any atom is 0.194 e. The second-order valence-corrected chi connectivity index (χ2v) is 5.61. The largest absolute Gasteiger partial charge is 0.356 e. The van der Waals surface area contributed by atoms with Gasteiger partial charge in [-0.15, -0.1) is 0 Å². The van der Waals surface area contributed by atoms with E-state index in [1.807, 2.05) is 43.3 Å². The molecule has 0 radical (unpaired) electrons. The highest BCUT2D eigenvalue weighted by atomic mass is 16.1. The van der Waals surface area contributed by atoms with Gasteiger partial charge in [0.25, 0.3) is 0 Å². The molecule has 1 aliphatic rings. The average molecular weight is 280 g/mol. The molecule has 3 nitrogen and oxygen atoms in total. The van der Waals surface area contributed by atoms with E-state index >= 15 is 0 Å². The monoisotopic (exact) mass is 280 g/mol. The fourth-order valence-electron chi connectivity index (χ4n) is 2.88.